The fourth-order valence-corrected chi connectivity index (χ4v) is 4.13. The molecule has 7 nitrogen and oxygen atoms in total. The summed E-state index contributed by atoms with van der Waals surface area (Å²) in [7, 11) is 0. The van der Waals surface area contributed by atoms with Crippen LogP contribution in [0.2, 0.25) is 0 Å². The molecule has 1 saturated carbocycles. The van der Waals surface area contributed by atoms with Gasteiger partial charge in [0.15, 0.2) is 5.69 Å². The largest absolute Gasteiger partial charge is 0.360 e. The maximum atomic E-state index is 12.6. The van der Waals surface area contributed by atoms with Gasteiger partial charge in [0.25, 0.3) is 5.91 Å². The summed E-state index contributed by atoms with van der Waals surface area (Å²) < 4.78 is 5.28. The minimum atomic E-state index is -0.304. The van der Waals surface area contributed by atoms with E-state index >= 15 is 0 Å². The Hall–Kier alpha value is -1.89. The molecule has 7 heteroatoms. The molecule has 2 aliphatic heterocycles. The maximum Gasteiger partial charge on any atom is 0.273 e. The number of amides is 2. The lowest BCUT2D eigenvalue weighted by Gasteiger charge is -2.40. The van der Waals surface area contributed by atoms with Gasteiger partial charge in [-0.2, -0.15) is 0 Å². The van der Waals surface area contributed by atoms with Gasteiger partial charge in [-0.1, -0.05) is 5.16 Å². The average molecular weight is 374 g/mol. The third kappa shape index (κ3) is 4.51. The fourth-order valence-electron chi connectivity index (χ4n) is 4.13. The van der Waals surface area contributed by atoms with E-state index in [0.717, 1.165) is 57.4 Å². The van der Waals surface area contributed by atoms with Gasteiger partial charge in [-0.15, -0.1) is 0 Å². The molecule has 0 aromatic carbocycles. The molecule has 27 heavy (non-hydrogen) atoms. The van der Waals surface area contributed by atoms with E-state index in [2.05, 4.69) is 22.7 Å². The quantitative estimate of drug-likeness (QED) is 0.824. The summed E-state index contributed by atoms with van der Waals surface area (Å²) >= 11 is 0. The number of hydrogen-bond acceptors (Lipinski definition) is 5. The molecule has 2 saturated heterocycles. The molecule has 2 amide bonds. The lowest BCUT2D eigenvalue weighted by molar-refractivity contribution is -0.134. The Morgan fingerprint density at radius 1 is 1.26 bits per heavy atom. The molecule has 0 spiro atoms. The standard InChI is InChI=1S/C20H30N4O3/c1-20(22-19(26)16-13-17(27-23-16)15-2-3-15)6-10-24(11-7-20)18(25)12-14-4-8-21-9-5-14/h13-15,21H,2-12H2,1H3,(H,22,26). The number of nitrogens with one attached hydrogen (secondary N) is 2. The molecule has 4 rings (SSSR count). The number of hydrogen-bond donors (Lipinski definition) is 2. The van der Waals surface area contributed by atoms with Gasteiger partial charge in [-0.05, 0) is 64.5 Å². The van der Waals surface area contributed by atoms with Gasteiger partial charge in [-0.3, -0.25) is 9.59 Å². The fraction of sp³-hybridized carbons (Fsp3) is 0.750. The summed E-state index contributed by atoms with van der Waals surface area (Å²) in [6.07, 6.45) is 6.62. The summed E-state index contributed by atoms with van der Waals surface area (Å²) in [6.45, 7) is 5.50. The van der Waals surface area contributed by atoms with Crippen molar-refractivity contribution < 1.29 is 14.1 Å². The minimum absolute atomic E-state index is 0.178. The highest BCUT2D eigenvalue weighted by Gasteiger charge is 2.35. The monoisotopic (exact) mass is 374 g/mol. The van der Waals surface area contributed by atoms with Gasteiger partial charge in [0.05, 0.1) is 0 Å². The zero-order valence-corrected chi connectivity index (χ0v) is 16.1. The Morgan fingerprint density at radius 3 is 2.63 bits per heavy atom. The van der Waals surface area contributed by atoms with Crippen molar-refractivity contribution in [3.05, 3.63) is 17.5 Å². The zero-order valence-electron chi connectivity index (χ0n) is 16.1. The predicted octanol–water partition coefficient (Wildman–Crippen LogP) is 2.05. The number of likely N-dealkylation sites (tertiary alicyclic amines) is 1. The minimum Gasteiger partial charge on any atom is -0.360 e. The molecule has 2 N–H and O–H groups in total. The van der Waals surface area contributed by atoms with Crippen molar-refractivity contribution in [3.8, 4) is 0 Å². The van der Waals surface area contributed by atoms with Gasteiger partial charge < -0.3 is 20.1 Å². The Bertz CT molecular complexity index is 683. The van der Waals surface area contributed by atoms with Gasteiger partial charge >= 0.3 is 0 Å². The molecule has 0 unspecified atom stereocenters. The smallest absolute Gasteiger partial charge is 0.273 e. The molecule has 3 heterocycles. The van der Waals surface area contributed by atoms with Crippen molar-refractivity contribution in [1.82, 2.24) is 20.7 Å². The molecule has 3 aliphatic rings. The highest BCUT2D eigenvalue weighted by atomic mass is 16.5. The Kier molecular flexibility index (Phi) is 5.21. The first-order valence-corrected chi connectivity index (χ1v) is 10.3. The molecule has 148 valence electrons. The number of carbonyl (C=O) groups excluding carboxylic acids is 2. The SMILES string of the molecule is CC1(NC(=O)c2cc(C3CC3)on2)CCN(C(=O)CC2CCNCC2)CC1. The molecule has 0 atom stereocenters. The van der Waals surface area contributed by atoms with E-state index in [1.54, 1.807) is 6.07 Å². The van der Waals surface area contributed by atoms with Crippen LogP contribution in [0.15, 0.2) is 10.6 Å². The predicted molar refractivity (Wildman–Crippen MR) is 100 cm³/mol. The highest BCUT2D eigenvalue weighted by Crippen LogP contribution is 2.40. The van der Waals surface area contributed by atoms with Crippen LogP contribution in [0.25, 0.3) is 0 Å². The van der Waals surface area contributed by atoms with E-state index in [1.807, 2.05) is 4.90 Å². The first-order valence-electron chi connectivity index (χ1n) is 10.3. The maximum absolute atomic E-state index is 12.6. The van der Waals surface area contributed by atoms with Crippen LogP contribution in [-0.4, -0.2) is 53.6 Å². The van der Waals surface area contributed by atoms with E-state index in [0.29, 0.717) is 37.0 Å². The topological polar surface area (TPSA) is 87.5 Å². The van der Waals surface area contributed by atoms with Crippen LogP contribution in [0.5, 0.6) is 0 Å². The van der Waals surface area contributed by atoms with E-state index in [1.165, 1.54) is 0 Å². The van der Waals surface area contributed by atoms with Crippen molar-refractivity contribution in [2.45, 2.75) is 63.3 Å². The number of nitrogens with zero attached hydrogens (tertiary/aromatic N) is 2. The molecule has 0 radical (unpaired) electrons. The van der Waals surface area contributed by atoms with Crippen molar-refractivity contribution in [2.24, 2.45) is 5.92 Å². The number of piperidine rings is 2. The Labute approximate surface area is 160 Å². The van der Waals surface area contributed by atoms with Gasteiger partial charge in [0.1, 0.15) is 5.76 Å². The second-order valence-corrected chi connectivity index (χ2v) is 8.68. The molecule has 0 bridgehead atoms. The molecular formula is C20H30N4O3. The van der Waals surface area contributed by atoms with Gasteiger partial charge in [-0.25, -0.2) is 0 Å². The van der Waals surface area contributed by atoms with Crippen LogP contribution in [0, 0.1) is 5.92 Å². The summed E-state index contributed by atoms with van der Waals surface area (Å²) in [5.41, 5.74) is 0.0592. The average Bonchev–Trinajstić information content (AvgIpc) is 3.39. The number of carbonyl (C=O) groups is 2. The van der Waals surface area contributed by atoms with Crippen molar-refractivity contribution >= 4 is 11.8 Å². The second kappa shape index (κ2) is 7.62. The van der Waals surface area contributed by atoms with E-state index in [9.17, 15) is 9.59 Å². The first-order chi connectivity index (χ1) is 13.0. The summed E-state index contributed by atoms with van der Waals surface area (Å²) in [6, 6.07) is 1.77. The van der Waals surface area contributed by atoms with Crippen molar-refractivity contribution in [3.63, 3.8) is 0 Å². The van der Waals surface area contributed by atoms with Crippen LogP contribution < -0.4 is 10.6 Å². The van der Waals surface area contributed by atoms with Crippen LogP contribution in [0.3, 0.4) is 0 Å². The second-order valence-electron chi connectivity index (χ2n) is 8.68. The molecule has 3 fully saturated rings. The molecule has 1 aromatic rings. The molecule has 1 aliphatic carbocycles. The van der Waals surface area contributed by atoms with Crippen LogP contribution in [0.1, 0.15) is 74.0 Å². The van der Waals surface area contributed by atoms with E-state index in [-0.39, 0.29) is 17.4 Å². The lowest BCUT2D eigenvalue weighted by atomic mass is 9.88. The first kappa shape index (κ1) is 18.5. The Balaban J connectivity index is 1.26. The third-order valence-electron chi connectivity index (χ3n) is 6.30. The number of aromatic nitrogens is 1. The van der Waals surface area contributed by atoms with Crippen molar-refractivity contribution in [1.29, 1.82) is 0 Å². The summed E-state index contributed by atoms with van der Waals surface area (Å²) in [5.74, 6) is 1.87. The van der Waals surface area contributed by atoms with Gasteiger partial charge in [0.2, 0.25) is 5.91 Å². The van der Waals surface area contributed by atoms with Crippen LogP contribution in [-0.2, 0) is 4.79 Å². The summed E-state index contributed by atoms with van der Waals surface area (Å²) in [4.78, 5) is 27.1. The van der Waals surface area contributed by atoms with Gasteiger partial charge in [0, 0.05) is 37.0 Å². The van der Waals surface area contributed by atoms with Crippen LogP contribution in [0.4, 0.5) is 0 Å². The van der Waals surface area contributed by atoms with Crippen molar-refractivity contribution in [2.75, 3.05) is 26.2 Å². The van der Waals surface area contributed by atoms with Crippen LogP contribution >= 0.6 is 0 Å². The number of rotatable bonds is 5. The zero-order chi connectivity index (χ0) is 18.9. The van der Waals surface area contributed by atoms with E-state index in [4.69, 9.17) is 4.52 Å². The molecule has 1 aromatic heterocycles. The lowest BCUT2D eigenvalue weighted by Crippen LogP contribution is -2.54. The van der Waals surface area contributed by atoms with E-state index < -0.39 is 0 Å². The summed E-state index contributed by atoms with van der Waals surface area (Å²) in [5, 5.41) is 10.4. The normalized spacial score (nSPS) is 23.2. The molecular weight excluding hydrogens is 344 g/mol. The third-order valence-corrected chi connectivity index (χ3v) is 6.30. The Morgan fingerprint density at radius 2 is 1.96 bits per heavy atom. The highest BCUT2D eigenvalue weighted by molar-refractivity contribution is 5.92.